The van der Waals surface area contributed by atoms with E-state index in [1.54, 1.807) is 4.90 Å². The van der Waals surface area contributed by atoms with E-state index in [2.05, 4.69) is 20.2 Å². The smallest absolute Gasteiger partial charge is 0.325 e. The number of carbonyl (C=O) groups excluding carboxylic acids is 2. The zero-order valence-corrected chi connectivity index (χ0v) is 14.4. The summed E-state index contributed by atoms with van der Waals surface area (Å²) in [5.74, 6) is 1.27. The van der Waals surface area contributed by atoms with Crippen molar-refractivity contribution in [3.63, 3.8) is 0 Å². The fourth-order valence-corrected chi connectivity index (χ4v) is 2.79. The van der Waals surface area contributed by atoms with E-state index in [0.717, 1.165) is 25.4 Å². The van der Waals surface area contributed by atoms with Crippen LogP contribution < -0.4 is 5.32 Å². The van der Waals surface area contributed by atoms with Gasteiger partial charge in [-0.1, -0.05) is 5.16 Å². The Hall–Kier alpha value is -2.16. The Morgan fingerprint density at radius 3 is 2.96 bits per heavy atom. The van der Waals surface area contributed by atoms with Gasteiger partial charge in [-0.05, 0) is 31.6 Å². The Balaban J connectivity index is 1.49. The van der Waals surface area contributed by atoms with Gasteiger partial charge in [0.05, 0.1) is 13.7 Å². The molecule has 2 amide bonds. The predicted octanol–water partition coefficient (Wildman–Crippen LogP) is 1.06. The van der Waals surface area contributed by atoms with Crippen molar-refractivity contribution in [2.45, 2.75) is 38.1 Å². The van der Waals surface area contributed by atoms with E-state index in [1.165, 1.54) is 20.0 Å². The highest BCUT2D eigenvalue weighted by atomic mass is 16.5. The standard InChI is InChI=1S/C16H24N4O5/c1-23-14(21)9-17-16(22)20-7-2-3-12(20)15-18-13(19-25-15)6-8-24-10-11-4-5-11/h11-12H,2-10H2,1H3,(H,17,22). The number of esters is 1. The molecule has 0 aromatic carbocycles. The summed E-state index contributed by atoms with van der Waals surface area (Å²) in [6.45, 7) is 1.80. The van der Waals surface area contributed by atoms with Crippen molar-refractivity contribution in [2.24, 2.45) is 5.92 Å². The number of hydrogen-bond acceptors (Lipinski definition) is 7. The number of rotatable bonds is 8. The van der Waals surface area contributed by atoms with Crippen molar-refractivity contribution in [3.05, 3.63) is 11.7 Å². The molecule has 0 spiro atoms. The molecule has 1 aliphatic heterocycles. The van der Waals surface area contributed by atoms with Crippen LogP contribution in [0.25, 0.3) is 0 Å². The Bertz CT molecular complexity index is 601. The maximum absolute atomic E-state index is 12.2. The molecule has 2 aliphatic rings. The van der Waals surface area contributed by atoms with Crippen LogP contribution in [0.2, 0.25) is 0 Å². The molecule has 1 saturated carbocycles. The second-order valence-corrected chi connectivity index (χ2v) is 6.40. The fraction of sp³-hybridized carbons (Fsp3) is 0.750. The number of aromatic nitrogens is 2. The summed E-state index contributed by atoms with van der Waals surface area (Å²) in [6, 6.07) is -0.591. The van der Waals surface area contributed by atoms with E-state index < -0.39 is 5.97 Å². The fourth-order valence-electron chi connectivity index (χ4n) is 2.79. The summed E-state index contributed by atoms with van der Waals surface area (Å²) < 4.78 is 15.4. The number of nitrogens with one attached hydrogen (secondary N) is 1. The molecule has 1 unspecified atom stereocenters. The van der Waals surface area contributed by atoms with Gasteiger partial charge in [-0.25, -0.2) is 4.79 Å². The predicted molar refractivity (Wildman–Crippen MR) is 85.6 cm³/mol. The molecule has 9 nitrogen and oxygen atoms in total. The molecule has 2 fully saturated rings. The second kappa shape index (κ2) is 8.28. The lowest BCUT2D eigenvalue weighted by atomic mass is 10.2. The van der Waals surface area contributed by atoms with Gasteiger partial charge in [0, 0.05) is 19.6 Å². The van der Waals surface area contributed by atoms with Gasteiger partial charge in [-0.3, -0.25) is 4.79 Å². The first kappa shape index (κ1) is 17.7. The number of urea groups is 1. The Morgan fingerprint density at radius 2 is 2.20 bits per heavy atom. The van der Waals surface area contributed by atoms with Crippen LogP contribution in [0.5, 0.6) is 0 Å². The molecule has 25 heavy (non-hydrogen) atoms. The normalized spacial score (nSPS) is 19.9. The molecule has 1 aliphatic carbocycles. The molecule has 2 heterocycles. The highest BCUT2D eigenvalue weighted by Gasteiger charge is 2.34. The van der Waals surface area contributed by atoms with E-state index in [0.29, 0.717) is 31.3 Å². The maximum atomic E-state index is 12.2. The molecular weight excluding hydrogens is 328 g/mol. The lowest BCUT2D eigenvalue weighted by molar-refractivity contribution is -0.139. The first-order chi connectivity index (χ1) is 12.2. The number of ether oxygens (including phenoxy) is 2. The minimum absolute atomic E-state index is 0.161. The summed E-state index contributed by atoms with van der Waals surface area (Å²) in [6.07, 6.45) is 4.73. The van der Waals surface area contributed by atoms with Crippen molar-refractivity contribution in [2.75, 3.05) is 33.4 Å². The quantitative estimate of drug-likeness (QED) is 0.550. The van der Waals surface area contributed by atoms with Crippen LogP contribution in [-0.4, -0.2) is 60.5 Å². The minimum atomic E-state index is -0.490. The van der Waals surface area contributed by atoms with E-state index in [-0.39, 0.29) is 18.6 Å². The average molecular weight is 352 g/mol. The molecule has 1 aromatic rings. The lowest BCUT2D eigenvalue weighted by Crippen LogP contribution is -2.41. The van der Waals surface area contributed by atoms with Gasteiger partial charge in [0.2, 0.25) is 5.89 Å². The zero-order chi connectivity index (χ0) is 17.6. The topological polar surface area (TPSA) is 107 Å². The maximum Gasteiger partial charge on any atom is 0.325 e. The van der Waals surface area contributed by atoms with E-state index in [9.17, 15) is 9.59 Å². The summed E-state index contributed by atoms with van der Waals surface area (Å²) in [5, 5.41) is 6.52. The molecule has 0 bridgehead atoms. The Morgan fingerprint density at radius 1 is 1.36 bits per heavy atom. The molecule has 3 rings (SSSR count). The van der Waals surface area contributed by atoms with Crippen molar-refractivity contribution in [1.29, 1.82) is 0 Å². The van der Waals surface area contributed by atoms with Gasteiger partial charge in [0.25, 0.3) is 0 Å². The van der Waals surface area contributed by atoms with E-state index in [1.807, 2.05) is 0 Å². The zero-order valence-electron chi connectivity index (χ0n) is 14.4. The van der Waals surface area contributed by atoms with E-state index in [4.69, 9.17) is 9.26 Å². The van der Waals surface area contributed by atoms with Crippen LogP contribution in [-0.2, 0) is 20.7 Å². The largest absolute Gasteiger partial charge is 0.468 e. The monoisotopic (exact) mass is 352 g/mol. The SMILES string of the molecule is COC(=O)CNC(=O)N1CCCC1c1nc(CCOCC2CC2)no1. The molecule has 138 valence electrons. The van der Waals surface area contributed by atoms with Crippen LogP contribution in [0.15, 0.2) is 4.52 Å². The summed E-state index contributed by atoms with van der Waals surface area (Å²) in [5.41, 5.74) is 0. The number of methoxy groups -OCH3 is 1. The number of hydrogen-bond donors (Lipinski definition) is 1. The van der Waals surface area contributed by atoms with E-state index >= 15 is 0 Å². The molecule has 1 aromatic heterocycles. The lowest BCUT2D eigenvalue weighted by Gasteiger charge is -2.21. The third-order valence-electron chi connectivity index (χ3n) is 4.41. The van der Waals surface area contributed by atoms with Gasteiger partial charge in [-0.2, -0.15) is 4.98 Å². The van der Waals surface area contributed by atoms with Gasteiger partial charge in [0.15, 0.2) is 5.82 Å². The Labute approximate surface area is 146 Å². The highest BCUT2D eigenvalue weighted by Crippen LogP contribution is 2.31. The first-order valence-electron chi connectivity index (χ1n) is 8.69. The molecule has 1 saturated heterocycles. The van der Waals surface area contributed by atoms with Crippen LogP contribution in [0.3, 0.4) is 0 Å². The Kier molecular flexibility index (Phi) is 5.85. The number of carbonyl (C=O) groups is 2. The third kappa shape index (κ3) is 4.91. The number of likely N-dealkylation sites (tertiary alicyclic amines) is 1. The van der Waals surface area contributed by atoms with Gasteiger partial charge in [0.1, 0.15) is 12.6 Å². The summed E-state index contributed by atoms with van der Waals surface area (Å²) >= 11 is 0. The number of amides is 2. The third-order valence-corrected chi connectivity index (χ3v) is 4.41. The van der Waals surface area contributed by atoms with Crippen molar-refractivity contribution < 1.29 is 23.6 Å². The van der Waals surface area contributed by atoms with Gasteiger partial charge in [-0.15, -0.1) is 0 Å². The molecule has 1 atom stereocenters. The summed E-state index contributed by atoms with van der Waals surface area (Å²) in [7, 11) is 1.28. The van der Waals surface area contributed by atoms with Crippen LogP contribution in [0, 0.1) is 5.92 Å². The molecule has 1 N–H and O–H groups in total. The van der Waals surface area contributed by atoms with Crippen molar-refractivity contribution in [3.8, 4) is 0 Å². The molecule has 9 heteroatoms. The molecule has 0 radical (unpaired) electrons. The average Bonchev–Trinajstić information content (AvgIpc) is 3.11. The van der Waals surface area contributed by atoms with Crippen molar-refractivity contribution in [1.82, 2.24) is 20.4 Å². The highest BCUT2D eigenvalue weighted by molar-refractivity contribution is 5.81. The first-order valence-corrected chi connectivity index (χ1v) is 8.69. The number of nitrogens with zero attached hydrogens (tertiary/aromatic N) is 3. The second-order valence-electron chi connectivity index (χ2n) is 6.40. The van der Waals surface area contributed by atoms with Crippen LogP contribution in [0.4, 0.5) is 4.79 Å². The van der Waals surface area contributed by atoms with Crippen LogP contribution in [0.1, 0.15) is 43.4 Å². The van der Waals surface area contributed by atoms with Crippen molar-refractivity contribution >= 4 is 12.0 Å². The van der Waals surface area contributed by atoms with Gasteiger partial charge >= 0.3 is 12.0 Å². The molecular formula is C16H24N4O5. The summed E-state index contributed by atoms with van der Waals surface area (Å²) in [4.78, 5) is 29.4. The van der Waals surface area contributed by atoms with Gasteiger partial charge < -0.3 is 24.2 Å². The minimum Gasteiger partial charge on any atom is -0.468 e. The van der Waals surface area contributed by atoms with Crippen LogP contribution >= 0.6 is 0 Å².